The van der Waals surface area contributed by atoms with Crippen molar-refractivity contribution in [2.45, 2.75) is 33.3 Å². The number of aliphatic hydroxyl groups is 1. The molecule has 4 fully saturated rings. The van der Waals surface area contributed by atoms with Crippen LogP contribution in [0.15, 0.2) is 0 Å². The zero-order valence-corrected chi connectivity index (χ0v) is 11.6. The minimum absolute atomic E-state index is 0.0736. The van der Waals surface area contributed by atoms with Crippen LogP contribution >= 0.6 is 0 Å². The maximum Gasteiger partial charge on any atom is 0.127 e. The summed E-state index contributed by atoms with van der Waals surface area (Å²) in [5, 5.41) is 10.9. The second kappa shape index (κ2) is 3.69. The molecule has 4 heterocycles. The summed E-state index contributed by atoms with van der Waals surface area (Å²) in [6, 6.07) is 0. The van der Waals surface area contributed by atoms with E-state index in [1.165, 1.54) is 45.7 Å². The normalized spacial score (nSPS) is 54.7. The van der Waals surface area contributed by atoms with E-state index < -0.39 is 0 Å². The molecule has 0 spiro atoms. The van der Waals surface area contributed by atoms with Gasteiger partial charge in [-0.1, -0.05) is 20.3 Å². The van der Waals surface area contributed by atoms with Crippen molar-refractivity contribution >= 4 is 0 Å². The molecule has 0 radical (unpaired) electrons. The van der Waals surface area contributed by atoms with Crippen LogP contribution in [0.3, 0.4) is 0 Å². The Morgan fingerprint density at radius 1 is 1.18 bits per heavy atom. The van der Waals surface area contributed by atoms with Gasteiger partial charge in [0.1, 0.15) is 13.1 Å². The molecule has 0 aromatic rings. The summed E-state index contributed by atoms with van der Waals surface area (Å²) >= 11 is 0. The molecular weight excluding hydrogens is 212 g/mol. The molecule has 17 heavy (non-hydrogen) atoms. The molecule has 4 rings (SSSR count). The fourth-order valence-corrected chi connectivity index (χ4v) is 5.14. The summed E-state index contributed by atoms with van der Waals surface area (Å²) in [7, 11) is 0. The summed E-state index contributed by atoms with van der Waals surface area (Å²) in [4.78, 5) is 3.51. The van der Waals surface area contributed by atoms with Crippen LogP contribution in [-0.4, -0.2) is 50.5 Å². The first kappa shape index (κ1) is 11.9. The Labute approximate surface area is 105 Å². The average molecular weight is 240 g/mol. The third kappa shape index (κ3) is 1.52. The quantitative estimate of drug-likeness (QED) is 0.522. The second-order valence-corrected chi connectivity index (χ2v) is 7.31. The summed E-state index contributed by atoms with van der Waals surface area (Å²) in [6.45, 7) is 14.4. The zero-order valence-electron chi connectivity index (χ0n) is 11.6. The summed E-state index contributed by atoms with van der Waals surface area (Å²) in [5.74, 6) is 0.653. The number of aliphatic hydroxyl groups excluding tert-OH is 1. The fraction of sp³-hybridized carbons (Fsp3) is 1.00. The smallest absolute Gasteiger partial charge is 0.127 e. The Hall–Kier alpha value is -0.120. The van der Waals surface area contributed by atoms with Crippen molar-refractivity contribution in [2.75, 3.05) is 39.3 Å². The molecule has 0 aromatic carbocycles. The molecule has 3 heteroatoms. The number of rotatable bonds is 2. The number of piperidine rings is 2. The van der Waals surface area contributed by atoms with Crippen LogP contribution in [0.5, 0.6) is 0 Å². The molecular formula is C14H28N2O+2. The van der Waals surface area contributed by atoms with Crippen molar-refractivity contribution in [1.82, 2.24) is 0 Å². The van der Waals surface area contributed by atoms with E-state index in [1.54, 1.807) is 9.80 Å². The van der Waals surface area contributed by atoms with E-state index in [9.17, 15) is 5.11 Å². The maximum atomic E-state index is 10.9. The van der Waals surface area contributed by atoms with Crippen LogP contribution < -0.4 is 9.80 Å². The van der Waals surface area contributed by atoms with Gasteiger partial charge < -0.3 is 14.9 Å². The van der Waals surface area contributed by atoms with Gasteiger partial charge in [-0.2, -0.15) is 0 Å². The maximum absolute atomic E-state index is 10.9. The first-order chi connectivity index (χ1) is 8.00. The minimum atomic E-state index is -0.0736. The molecule has 98 valence electrons. The van der Waals surface area contributed by atoms with Crippen molar-refractivity contribution in [1.29, 1.82) is 0 Å². The van der Waals surface area contributed by atoms with E-state index in [4.69, 9.17) is 0 Å². The lowest BCUT2D eigenvalue weighted by Crippen LogP contribution is -3.19. The van der Waals surface area contributed by atoms with Gasteiger partial charge in [0.25, 0.3) is 0 Å². The number of hydrogen-bond donors (Lipinski definition) is 3. The van der Waals surface area contributed by atoms with Crippen LogP contribution in [0, 0.1) is 16.7 Å². The molecule has 4 saturated heterocycles. The first-order valence-electron chi connectivity index (χ1n) is 7.35. The number of quaternary nitrogens is 2. The van der Waals surface area contributed by atoms with Gasteiger partial charge >= 0.3 is 0 Å². The summed E-state index contributed by atoms with van der Waals surface area (Å²) < 4.78 is 0. The third-order valence-electron chi connectivity index (χ3n) is 6.10. The minimum Gasteiger partial charge on any atom is -0.391 e. The average Bonchev–Trinajstić information content (AvgIpc) is 2.51. The van der Waals surface area contributed by atoms with Gasteiger partial charge in [0, 0.05) is 0 Å². The van der Waals surface area contributed by atoms with E-state index in [1.807, 2.05) is 0 Å². The van der Waals surface area contributed by atoms with Gasteiger partial charge in [-0.15, -0.1) is 0 Å². The van der Waals surface area contributed by atoms with Gasteiger partial charge in [0.05, 0.1) is 43.1 Å². The number of hydrogen-bond acceptors (Lipinski definition) is 1. The molecule has 0 aliphatic carbocycles. The van der Waals surface area contributed by atoms with E-state index >= 15 is 0 Å². The summed E-state index contributed by atoms with van der Waals surface area (Å²) in [6.07, 6.45) is 1.13. The van der Waals surface area contributed by atoms with Crippen molar-refractivity contribution in [3.8, 4) is 0 Å². The van der Waals surface area contributed by atoms with Gasteiger partial charge in [-0.05, 0) is 12.8 Å². The molecule has 4 aliphatic heterocycles. The van der Waals surface area contributed by atoms with Gasteiger partial charge in [0.2, 0.25) is 0 Å². The molecule has 4 atom stereocenters. The molecule has 0 saturated carbocycles. The van der Waals surface area contributed by atoms with E-state index in [2.05, 4.69) is 20.8 Å². The van der Waals surface area contributed by atoms with Gasteiger partial charge in [-0.3, -0.25) is 0 Å². The monoisotopic (exact) mass is 240 g/mol. The van der Waals surface area contributed by atoms with Crippen LogP contribution in [0.2, 0.25) is 0 Å². The highest BCUT2D eigenvalue weighted by Gasteiger charge is 2.65. The summed E-state index contributed by atoms with van der Waals surface area (Å²) in [5.41, 5.74) is 0.363. The van der Waals surface area contributed by atoms with E-state index in [-0.39, 0.29) is 16.9 Å². The zero-order chi connectivity index (χ0) is 12.3. The molecule has 3 nitrogen and oxygen atoms in total. The van der Waals surface area contributed by atoms with Crippen molar-refractivity contribution < 1.29 is 14.9 Å². The predicted molar refractivity (Wildman–Crippen MR) is 67.1 cm³/mol. The standard InChI is InChI=1S/C14H26N2O/c1-4-11(2)14-9-15-5-6-16(10-14)8-13(3,7-15)12(14)17/h11-12,17H,4-10H2,1-3H3/p+2/t11-,12+,13?,14?/m1/s1. The number of nitrogens with one attached hydrogen (secondary N) is 2. The Morgan fingerprint density at radius 3 is 2.18 bits per heavy atom. The van der Waals surface area contributed by atoms with Crippen LogP contribution in [0.4, 0.5) is 0 Å². The Kier molecular flexibility index (Phi) is 2.59. The van der Waals surface area contributed by atoms with Crippen molar-refractivity contribution in [3.63, 3.8) is 0 Å². The SMILES string of the molecule is CC[C@@H](C)C12C[NH+]3CC[NH+](CC(C)(C3)[C@@H]1O)C2. The molecule has 4 bridgehead atoms. The van der Waals surface area contributed by atoms with Crippen LogP contribution in [-0.2, 0) is 0 Å². The molecule has 3 N–H and O–H groups in total. The predicted octanol–water partition coefficient (Wildman–Crippen LogP) is -1.80. The Bertz CT molecular complexity index is 301. The Balaban J connectivity index is 2.03. The largest absolute Gasteiger partial charge is 0.391 e. The fourth-order valence-electron chi connectivity index (χ4n) is 5.14. The van der Waals surface area contributed by atoms with Gasteiger partial charge in [0.15, 0.2) is 0 Å². The number of fused-ring (bicyclic) bond motifs is 1. The van der Waals surface area contributed by atoms with Gasteiger partial charge in [-0.25, -0.2) is 0 Å². The third-order valence-corrected chi connectivity index (χ3v) is 6.10. The molecule has 0 amide bonds. The van der Waals surface area contributed by atoms with Crippen LogP contribution in [0.25, 0.3) is 0 Å². The van der Waals surface area contributed by atoms with Crippen molar-refractivity contribution in [2.24, 2.45) is 16.7 Å². The second-order valence-electron chi connectivity index (χ2n) is 7.31. The highest BCUT2D eigenvalue weighted by molar-refractivity contribution is 5.03. The Morgan fingerprint density at radius 2 is 1.71 bits per heavy atom. The lowest BCUT2D eigenvalue weighted by atomic mass is 9.57. The highest BCUT2D eigenvalue weighted by atomic mass is 16.3. The highest BCUT2D eigenvalue weighted by Crippen LogP contribution is 2.43. The van der Waals surface area contributed by atoms with E-state index in [0.29, 0.717) is 5.92 Å². The lowest BCUT2D eigenvalue weighted by Gasteiger charge is -2.56. The lowest BCUT2D eigenvalue weighted by molar-refractivity contribution is -0.920. The topological polar surface area (TPSA) is 29.1 Å². The van der Waals surface area contributed by atoms with Crippen molar-refractivity contribution in [3.05, 3.63) is 0 Å². The molecule has 0 aromatic heterocycles. The van der Waals surface area contributed by atoms with Crippen LogP contribution in [0.1, 0.15) is 27.2 Å². The molecule has 4 aliphatic rings. The molecule has 2 unspecified atom stereocenters. The first-order valence-corrected chi connectivity index (χ1v) is 7.35. The van der Waals surface area contributed by atoms with E-state index in [0.717, 1.165) is 0 Å².